The smallest absolute Gasteiger partial charge is 0.294 e. The number of hydrogen-bond acceptors (Lipinski definition) is 4. The molecule has 6 heteroatoms. The summed E-state index contributed by atoms with van der Waals surface area (Å²) in [6, 6.07) is 4.61. The van der Waals surface area contributed by atoms with Crippen LogP contribution in [0.25, 0.3) is 0 Å². The van der Waals surface area contributed by atoms with Crippen molar-refractivity contribution in [3.8, 4) is 0 Å². The Morgan fingerprint density at radius 2 is 1.38 bits per heavy atom. The number of nitrogens with one attached hydrogen (secondary N) is 2. The minimum atomic E-state index is -4.15. The van der Waals surface area contributed by atoms with Crippen molar-refractivity contribution in [2.75, 3.05) is 10.6 Å². The van der Waals surface area contributed by atoms with E-state index in [4.69, 9.17) is 4.55 Å². The Morgan fingerprint density at radius 3 is 1.96 bits per heavy atom. The van der Waals surface area contributed by atoms with Crippen molar-refractivity contribution in [3.05, 3.63) is 18.2 Å². The lowest BCUT2D eigenvalue weighted by Gasteiger charge is -2.11. The van der Waals surface area contributed by atoms with Gasteiger partial charge in [-0.05, 0) is 31.0 Å². The molecule has 1 heterocycles. The third kappa shape index (κ3) is 7.16. The lowest BCUT2D eigenvalue weighted by Crippen LogP contribution is -2.21. The van der Waals surface area contributed by atoms with Crippen molar-refractivity contribution in [1.82, 2.24) is 0 Å². The molecule has 1 unspecified atom stereocenters. The van der Waals surface area contributed by atoms with Crippen LogP contribution in [0.1, 0.15) is 84.0 Å². The molecule has 0 aromatic heterocycles. The van der Waals surface area contributed by atoms with Crippen LogP contribution in [0.15, 0.2) is 23.1 Å². The lowest BCUT2D eigenvalue weighted by atomic mass is 10.0. The molecule has 0 fully saturated rings. The molecular formula is C20H34N2O3S. The van der Waals surface area contributed by atoms with Gasteiger partial charge < -0.3 is 10.6 Å². The highest BCUT2D eigenvalue weighted by atomic mass is 32.2. The molecule has 5 nitrogen and oxygen atoms in total. The molecule has 0 amide bonds. The first-order chi connectivity index (χ1) is 12.5. The Bertz CT molecular complexity index is 646. The van der Waals surface area contributed by atoms with Crippen molar-refractivity contribution in [2.45, 2.75) is 95.0 Å². The van der Waals surface area contributed by atoms with Gasteiger partial charge in [0.1, 0.15) is 0 Å². The minimum Gasteiger partial charge on any atom is -0.364 e. The molecule has 2 rings (SSSR count). The molecule has 0 saturated carbocycles. The first-order valence-electron chi connectivity index (χ1n) is 10.2. The predicted octanol–water partition coefficient (Wildman–Crippen LogP) is 5.80. The molecule has 3 N–H and O–H groups in total. The number of hydrogen-bond donors (Lipinski definition) is 3. The lowest BCUT2D eigenvalue weighted by molar-refractivity contribution is 0.483. The fourth-order valence-corrected chi connectivity index (χ4v) is 4.00. The van der Waals surface area contributed by atoms with E-state index in [2.05, 4.69) is 17.6 Å². The first-order valence-corrected chi connectivity index (χ1v) is 11.6. The zero-order valence-electron chi connectivity index (χ0n) is 16.0. The van der Waals surface area contributed by atoms with Gasteiger partial charge >= 0.3 is 0 Å². The van der Waals surface area contributed by atoms with Crippen LogP contribution in [0.4, 0.5) is 11.4 Å². The van der Waals surface area contributed by atoms with Crippen LogP contribution in [0.5, 0.6) is 0 Å². The van der Waals surface area contributed by atoms with E-state index in [1.54, 1.807) is 6.07 Å². The number of anilines is 2. The summed E-state index contributed by atoms with van der Waals surface area (Å²) in [6.07, 6.45) is 15.8. The van der Waals surface area contributed by atoms with Crippen molar-refractivity contribution in [3.63, 3.8) is 0 Å². The molecule has 0 spiro atoms. The average Bonchev–Trinajstić information content (AvgIpc) is 3.01. The number of rotatable bonds is 13. The Hall–Kier alpha value is -1.27. The van der Waals surface area contributed by atoms with Gasteiger partial charge in [0, 0.05) is 0 Å². The summed E-state index contributed by atoms with van der Waals surface area (Å²) in [7, 11) is -4.15. The average molecular weight is 383 g/mol. The van der Waals surface area contributed by atoms with Crippen molar-refractivity contribution < 1.29 is 13.0 Å². The van der Waals surface area contributed by atoms with Gasteiger partial charge in [-0.1, -0.05) is 71.1 Å². The second kappa shape index (κ2) is 10.8. The summed E-state index contributed by atoms with van der Waals surface area (Å²) < 4.78 is 31.5. The van der Waals surface area contributed by atoms with Gasteiger partial charge in [-0.25, -0.2) is 0 Å². The van der Waals surface area contributed by atoms with Crippen molar-refractivity contribution in [1.29, 1.82) is 0 Å². The predicted molar refractivity (Wildman–Crippen MR) is 108 cm³/mol. The second-order valence-corrected chi connectivity index (χ2v) is 8.77. The van der Waals surface area contributed by atoms with Crippen LogP contribution < -0.4 is 10.6 Å². The summed E-state index contributed by atoms with van der Waals surface area (Å²) in [5.74, 6) is 0. The van der Waals surface area contributed by atoms with Crippen LogP contribution in [0.2, 0.25) is 0 Å². The number of fused-ring (bicyclic) bond motifs is 1. The summed E-state index contributed by atoms with van der Waals surface area (Å²) in [5, 5.41) is 6.66. The number of unbranched alkanes of at least 4 members (excludes halogenated alkanes) is 10. The highest BCUT2D eigenvalue weighted by Gasteiger charge is 2.21. The molecule has 1 aliphatic rings. The molecule has 0 saturated heterocycles. The van der Waals surface area contributed by atoms with Gasteiger partial charge in [-0.2, -0.15) is 8.42 Å². The van der Waals surface area contributed by atoms with E-state index >= 15 is 0 Å². The topological polar surface area (TPSA) is 78.4 Å². The highest BCUT2D eigenvalue weighted by Crippen LogP contribution is 2.32. The van der Waals surface area contributed by atoms with Gasteiger partial charge in [-0.15, -0.1) is 0 Å². The molecule has 0 radical (unpaired) electrons. The Balaban J connectivity index is 1.53. The normalized spacial score (nSPS) is 16.2. The third-order valence-corrected chi connectivity index (χ3v) is 5.89. The third-order valence-electron chi connectivity index (χ3n) is 5.04. The van der Waals surface area contributed by atoms with Crippen molar-refractivity contribution in [2.24, 2.45) is 0 Å². The van der Waals surface area contributed by atoms with Crippen LogP contribution in [-0.4, -0.2) is 19.1 Å². The maximum absolute atomic E-state index is 11.2. The van der Waals surface area contributed by atoms with E-state index in [0.29, 0.717) is 0 Å². The van der Waals surface area contributed by atoms with Crippen molar-refractivity contribution >= 4 is 21.5 Å². The quantitative estimate of drug-likeness (QED) is 0.297. The standard InChI is InChI=1S/C20H34N2O3S/c1-2-3-4-5-6-7-8-9-10-11-12-13-20-21-18-15-14-17(26(23,24)25)16-19(18)22-20/h14-16,20-22H,2-13H2,1H3,(H,23,24,25). The zero-order valence-corrected chi connectivity index (χ0v) is 16.8. The van der Waals surface area contributed by atoms with Gasteiger partial charge in [0.25, 0.3) is 10.1 Å². The fraction of sp³-hybridized carbons (Fsp3) is 0.700. The molecule has 0 aliphatic carbocycles. The minimum absolute atomic E-state index is 0.0686. The molecule has 1 aromatic carbocycles. The van der Waals surface area contributed by atoms with E-state index in [1.165, 1.54) is 76.3 Å². The summed E-state index contributed by atoms with van der Waals surface area (Å²) >= 11 is 0. The summed E-state index contributed by atoms with van der Waals surface area (Å²) in [5.41, 5.74) is 1.64. The SMILES string of the molecule is CCCCCCCCCCCCCC1Nc2ccc(S(=O)(=O)O)cc2N1. The van der Waals surface area contributed by atoms with Gasteiger partial charge in [-0.3, -0.25) is 4.55 Å². The van der Waals surface area contributed by atoms with Crippen LogP contribution in [-0.2, 0) is 10.1 Å². The van der Waals surface area contributed by atoms with Crippen LogP contribution in [0.3, 0.4) is 0 Å². The largest absolute Gasteiger partial charge is 0.364 e. The van der Waals surface area contributed by atoms with E-state index in [-0.39, 0.29) is 11.1 Å². The maximum atomic E-state index is 11.2. The van der Waals surface area contributed by atoms with Crippen LogP contribution in [0, 0.1) is 0 Å². The number of benzene rings is 1. The monoisotopic (exact) mass is 382 g/mol. The molecule has 0 bridgehead atoms. The molecule has 26 heavy (non-hydrogen) atoms. The van der Waals surface area contributed by atoms with E-state index in [0.717, 1.165) is 24.2 Å². The van der Waals surface area contributed by atoms with Gasteiger partial charge in [0.15, 0.2) is 0 Å². The molecule has 1 atom stereocenters. The van der Waals surface area contributed by atoms with Gasteiger partial charge in [0.05, 0.1) is 22.4 Å². The maximum Gasteiger partial charge on any atom is 0.294 e. The Morgan fingerprint density at radius 1 is 0.846 bits per heavy atom. The zero-order chi connectivity index (χ0) is 18.8. The van der Waals surface area contributed by atoms with E-state index in [9.17, 15) is 8.42 Å². The second-order valence-electron chi connectivity index (χ2n) is 7.35. The summed E-state index contributed by atoms with van der Waals surface area (Å²) in [6.45, 7) is 2.26. The Labute approximate surface area is 158 Å². The first kappa shape index (κ1) is 21.0. The van der Waals surface area contributed by atoms with Gasteiger partial charge in [0.2, 0.25) is 0 Å². The van der Waals surface area contributed by atoms with E-state index in [1.807, 2.05) is 0 Å². The van der Waals surface area contributed by atoms with E-state index < -0.39 is 10.1 Å². The molecule has 1 aromatic rings. The summed E-state index contributed by atoms with van der Waals surface area (Å²) in [4.78, 5) is -0.0686. The van der Waals surface area contributed by atoms with Crippen LogP contribution >= 0.6 is 0 Å². The Kier molecular flexibility index (Phi) is 8.72. The molecule has 148 valence electrons. The molecule has 1 aliphatic heterocycles. The molecular weight excluding hydrogens is 348 g/mol. The highest BCUT2D eigenvalue weighted by molar-refractivity contribution is 7.85. The fourth-order valence-electron chi connectivity index (χ4n) is 3.50.